The summed E-state index contributed by atoms with van der Waals surface area (Å²) in [6, 6.07) is 0.635. The summed E-state index contributed by atoms with van der Waals surface area (Å²) in [5, 5.41) is 9.15. The third-order valence-electron chi connectivity index (χ3n) is 2.95. The van der Waals surface area contributed by atoms with E-state index in [0.29, 0.717) is 12.0 Å². The summed E-state index contributed by atoms with van der Waals surface area (Å²) in [5.74, 6) is 0.667. The molecule has 1 fully saturated rings. The molecule has 0 aromatic rings. The van der Waals surface area contributed by atoms with Gasteiger partial charge in [-0.3, -0.25) is 4.90 Å². The first-order valence-electron chi connectivity index (χ1n) is 5.74. The van der Waals surface area contributed by atoms with Gasteiger partial charge >= 0.3 is 0 Å². The SMILES string of the molecule is CC(C)CC(N)CN1CCCC1CO. The van der Waals surface area contributed by atoms with Crippen LogP contribution in [0.15, 0.2) is 0 Å². The lowest BCUT2D eigenvalue weighted by Crippen LogP contribution is -2.42. The largest absolute Gasteiger partial charge is 0.395 e. The molecule has 84 valence electrons. The molecule has 0 aliphatic carbocycles. The summed E-state index contributed by atoms with van der Waals surface area (Å²) in [4.78, 5) is 2.34. The van der Waals surface area contributed by atoms with E-state index in [2.05, 4.69) is 18.7 Å². The summed E-state index contributed by atoms with van der Waals surface area (Å²) in [5.41, 5.74) is 6.05. The maximum atomic E-state index is 9.15. The first-order chi connectivity index (χ1) is 6.63. The molecule has 1 aliphatic heterocycles. The van der Waals surface area contributed by atoms with Crippen molar-refractivity contribution in [3.63, 3.8) is 0 Å². The van der Waals surface area contributed by atoms with Crippen molar-refractivity contribution < 1.29 is 5.11 Å². The van der Waals surface area contributed by atoms with E-state index in [4.69, 9.17) is 10.8 Å². The van der Waals surface area contributed by atoms with E-state index in [1.807, 2.05) is 0 Å². The fourth-order valence-corrected chi connectivity index (χ4v) is 2.32. The van der Waals surface area contributed by atoms with Crippen molar-refractivity contribution >= 4 is 0 Å². The smallest absolute Gasteiger partial charge is 0.0586 e. The molecule has 3 heteroatoms. The van der Waals surface area contributed by atoms with Crippen LogP contribution < -0.4 is 5.73 Å². The zero-order valence-corrected chi connectivity index (χ0v) is 9.45. The van der Waals surface area contributed by atoms with Crippen LogP contribution in [0.4, 0.5) is 0 Å². The van der Waals surface area contributed by atoms with Crippen LogP contribution >= 0.6 is 0 Å². The van der Waals surface area contributed by atoms with Crippen molar-refractivity contribution in [3.05, 3.63) is 0 Å². The van der Waals surface area contributed by atoms with Gasteiger partial charge in [0.15, 0.2) is 0 Å². The lowest BCUT2D eigenvalue weighted by atomic mass is 10.0. The Morgan fingerprint density at radius 1 is 1.50 bits per heavy atom. The van der Waals surface area contributed by atoms with Crippen molar-refractivity contribution in [2.24, 2.45) is 11.7 Å². The van der Waals surface area contributed by atoms with Crippen LogP contribution in [0.25, 0.3) is 0 Å². The topological polar surface area (TPSA) is 49.5 Å². The summed E-state index contributed by atoms with van der Waals surface area (Å²) < 4.78 is 0. The van der Waals surface area contributed by atoms with Crippen LogP contribution in [0.3, 0.4) is 0 Å². The highest BCUT2D eigenvalue weighted by Gasteiger charge is 2.24. The number of aliphatic hydroxyl groups excluding tert-OH is 1. The first-order valence-corrected chi connectivity index (χ1v) is 5.74. The number of rotatable bonds is 5. The molecule has 0 spiro atoms. The molecule has 0 amide bonds. The maximum absolute atomic E-state index is 9.15. The highest BCUT2D eigenvalue weighted by atomic mass is 16.3. The van der Waals surface area contributed by atoms with Crippen LogP contribution in [-0.2, 0) is 0 Å². The quantitative estimate of drug-likeness (QED) is 0.690. The standard InChI is InChI=1S/C11H24N2O/c1-9(2)6-10(12)7-13-5-3-4-11(13)8-14/h9-11,14H,3-8,12H2,1-2H3. The van der Waals surface area contributed by atoms with E-state index in [1.54, 1.807) is 0 Å². The average molecular weight is 200 g/mol. The highest BCUT2D eigenvalue weighted by molar-refractivity contribution is 4.81. The van der Waals surface area contributed by atoms with Gasteiger partial charge in [0, 0.05) is 18.6 Å². The average Bonchev–Trinajstić information content (AvgIpc) is 2.50. The Morgan fingerprint density at radius 3 is 2.79 bits per heavy atom. The molecule has 1 aliphatic rings. The summed E-state index contributed by atoms with van der Waals surface area (Å²) in [6.45, 7) is 6.75. The van der Waals surface area contributed by atoms with Crippen molar-refractivity contribution in [2.75, 3.05) is 19.7 Å². The number of nitrogens with zero attached hydrogens (tertiary/aromatic N) is 1. The number of hydrogen-bond donors (Lipinski definition) is 2. The molecule has 2 atom stereocenters. The highest BCUT2D eigenvalue weighted by Crippen LogP contribution is 2.17. The fraction of sp³-hybridized carbons (Fsp3) is 1.00. The second-order valence-corrected chi connectivity index (χ2v) is 4.86. The zero-order chi connectivity index (χ0) is 10.6. The van der Waals surface area contributed by atoms with Gasteiger partial charge in [-0.2, -0.15) is 0 Å². The Hall–Kier alpha value is -0.120. The van der Waals surface area contributed by atoms with E-state index < -0.39 is 0 Å². The molecular formula is C11H24N2O. The summed E-state index contributed by atoms with van der Waals surface area (Å²) >= 11 is 0. The lowest BCUT2D eigenvalue weighted by molar-refractivity contribution is 0.150. The first kappa shape index (κ1) is 12.0. The monoisotopic (exact) mass is 200 g/mol. The fourth-order valence-electron chi connectivity index (χ4n) is 2.32. The molecule has 3 N–H and O–H groups in total. The minimum absolute atomic E-state index is 0.266. The van der Waals surface area contributed by atoms with E-state index in [0.717, 1.165) is 25.9 Å². The van der Waals surface area contributed by atoms with E-state index >= 15 is 0 Å². The number of aliphatic hydroxyl groups is 1. The molecule has 1 saturated heterocycles. The van der Waals surface area contributed by atoms with E-state index in [-0.39, 0.29) is 12.6 Å². The molecule has 0 aromatic carbocycles. The Kier molecular flexibility index (Phi) is 4.85. The molecule has 3 nitrogen and oxygen atoms in total. The van der Waals surface area contributed by atoms with E-state index in [1.165, 1.54) is 6.42 Å². The Labute approximate surface area is 87.3 Å². The van der Waals surface area contributed by atoms with Gasteiger partial charge in [0.25, 0.3) is 0 Å². The second-order valence-electron chi connectivity index (χ2n) is 4.86. The lowest BCUT2D eigenvalue weighted by Gasteiger charge is -2.26. The van der Waals surface area contributed by atoms with Crippen LogP contribution in [0.1, 0.15) is 33.1 Å². The molecule has 0 bridgehead atoms. The summed E-state index contributed by atoms with van der Waals surface area (Å²) in [6.07, 6.45) is 3.42. The predicted octanol–water partition coefficient (Wildman–Crippen LogP) is 0.817. The molecule has 2 unspecified atom stereocenters. The Bertz CT molecular complexity index is 161. The van der Waals surface area contributed by atoms with Crippen molar-refractivity contribution in [1.82, 2.24) is 4.90 Å². The van der Waals surface area contributed by atoms with Crippen LogP contribution in [0, 0.1) is 5.92 Å². The van der Waals surface area contributed by atoms with Crippen molar-refractivity contribution in [2.45, 2.75) is 45.2 Å². The van der Waals surface area contributed by atoms with Crippen LogP contribution in [-0.4, -0.2) is 41.8 Å². The Morgan fingerprint density at radius 2 is 2.21 bits per heavy atom. The van der Waals surface area contributed by atoms with Gasteiger partial charge < -0.3 is 10.8 Å². The predicted molar refractivity (Wildman–Crippen MR) is 59.1 cm³/mol. The molecule has 14 heavy (non-hydrogen) atoms. The van der Waals surface area contributed by atoms with Gasteiger partial charge in [0.2, 0.25) is 0 Å². The number of nitrogens with two attached hydrogens (primary N) is 1. The van der Waals surface area contributed by atoms with Gasteiger partial charge in [-0.25, -0.2) is 0 Å². The summed E-state index contributed by atoms with van der Waals surface area (Å²) in [7, 11) is 0. The van der Waals surface area contributed by atoms with Gasteiger partial charge in [-0.1, -0.05) is 13.8 Å². The minimum atomic E-state index is 0.266. The molecule has 1 heterocycles. The maximum Gasteiger partial charge on any atom is 0.0586 e. The van der Waals surface area contributed by atoms with Crippen molar-refractivity contribution in [1.29, 1.82) is 0 Å². The second kappa shape index (κ2) is 5.69. The number of likely N-dealkylation sites (tertiary alicyclic amines) is 1. The van der Waals surface area contributed by atoms with Gasteiger partial charge in [0.1, 0.15) is 0 Å². The molecule has 0 aromatic heterocycles. The third kappa shape index (κ3) is 3.56. The van der Waals surface area contributed by atoms with Crippen LogP contribution in [0.2, 0.25) is 0 Å². The third-order valence-corrected chi connectivity index (χ3v) is 2.95. The number of hydrogen-bond acceptors (Lipinski definition) is 3. The molecule has 0 radical (unpaired) electrons. The molecule has 0 saturated carbocycles. The normalized spacial score (nSPS) is 25.9. The zero-order valence-electron chi connectivity index (χ0n) is 9.45. The van der Waals surface area contributed by atoms with Gasteiger partial charge in [-0.05, 0) is 31.7 Å². The Balaban J connectivity index is 2.28. The van der Waals surface area contributed by atoms with Gasteiger partial charge in [-0.15, -0.1) is 0 Å². The van der Waals surface area contributed by atoms with E-state index in [9.17, 15) is 0 Å². The van der Waals surface area contributed by atoms with Crippen molar-refractivity contribution in [3.8, 4) is 0 Å². The van der Waals surface area contributed by atoms with Gasteiger partial charge in [0.05, 0.1) is 6.61 Å². The molecular weight excluding hydrogens is 176 g/mol. The van der Waals surface area contributed by atoms with Crippen LogP contribution in [0.5, 0.6) is 0 Å². The molecule has 1 rings (SSSR count). The minimum Gasteiger partial charge on any atom is -0.395 e.